The summed E-state index contributed by atoms with van der Waals surface area (Å²) in [5.74, 6) is 2.74. The van der Waals surface area contributed by atoms with Crippen molar-refractivity contribution in [2.24, 2.45) is 0 Å². The number of terminal acetylenes is 1. The maximum Gasteiger partial charge on any atom is 0.319 e. The lowest BCUT2D eigenvalue weighted by Gasteiger charge is -2.35. The molecule has 9 heteroatoms. The summed E-state index contributed by atoms with van der Waals surface area (Å²) in [6.45, 7) is 3.81. The molecule has 6 heterocycles. The zero-order valence-corrected chi connectivity index (χ0v) is 25.3. The molecule has 0 saturated carbocycles. The molecule has 46 heavy (non-hydrogen) atoms. The van der Waals surface area contributed by atoms with Gasteiger partial charge in [0.2, 0.25) is 0 Å². The van der Waals surface area contributed by atoms with Gasteiger partial charge in [0.25, 0.3) is 0 Å². The van der Waals surface area contributed by atoms with E-state index < -0.39 is 5.82 Å². The standard InChI is InChI=1S/C37H33FN6O2/c1-2-22-8-5-9-23-15-27(45)16-28(31(22)23)33-32(38)34-29(17-39-33)35(43-19-25-11-12-26(20-43)40-25)42-36(41-34)46-21-37-13-6-14-44(37)18-24-7-3-4-10-30(24)37/h1,3-5,7-10,15-17,25-26,40,45H,6,11-14,18-21H2. The molecule has 2 N–H and O–H groups in total. The Bertz CT molecular complexity index is 2080. The first-order chi connectivity index (χ1) is 22.5. The van der Waals surface area contributed by atoms with Crippen molar-refractivity contribution >= 4 is 27.5 Å². The molecule has 3 fully saturated rings. The molecule has 3 aromatic carbocycles. The third-order valence-corrected chi connectivity index (χ3v) is 10.5. The van der Waals surface area contributed by atoms with E-state index in [-0.39, 0.29) is 28.5 Å². The van der Waals surface area contributed by atoms with E-state index in [2.05, 4.69) is 50.3 Å². The van der Waals surface area contributed by atoms with Crippen LogP contribution in [-0.4, -0.2) is 63.3 Å². The summed E-state index contributed by atoms with van der Waals surface area (Å²) in [5.41, 5.74) is 3.58. The Morgan fingerprint density at radius 3 is 2.78 bits per heavy atom. The Morgan fingerprint density at radius 2 is 1.93 bits per heavy atom. The first-order valence-corrected chi connectivity index (χ1v) is 16.1. The van der Waals surface area contributed by atoms with E-state index in [9.17, 15) is 5.11 Å². The number of phenolic OH excluding ortho intramolecular Hbond substituents is 1. The van der Waals surface area contributed by atoms with Crippen LogP contribution in [0.5, 0.6) is 11.8 Å². The van der Waals surface area contributed by atoms with Gasteiger partial charge < -0.3 is 20.1 Å². The number of fused-ring (bicyclic) bond motifs is 7. The monoisotopic (exact) mass is 612 g/mol. The van der Waals surface area contributed by atoms with Gasteiger partial charge in [-0.2, -0.15) is 9.97 Å². The van der Waals surface area contributed by atoms with Gasteiger partial charge in [-0.3, -0.25) is 9.88 Å². The van der Waals surface area contributed by atoms with Crippen LogP contribution < -0.4 is 15.0 Å². The maximum absolute atomic E-state index is 16.9. The Kier molecular flexibility index (Phi) is 6.21. The molecule has 230 valence electrons. The number of piperazine rings is 1. The summed E-state index contributed by atoms with van der Waals surface area (Å²) in [6, 6.07) is 18.0. The number of pyridine rings is 1. The number of anilines is 1. The van der Waals surface area contributed by atoms with E-state index in [1.165, 1.54) is 17.2 Å². The fourth-order valence-corrected chi connectivity index (χ4v) is 8.42. The molecule has 0 spiro atoms. The number of hydrogen-bond acceptors (Lipinski definition) is 8. The minimum Gasteiger partial charge on any atom is -0.508 e. The van der Waals surface area contributed by atoms with Crippen LogP contribution in [0.2, 0.25) is 0 Å². The van der Waals surface area contributed by atoms with Gasteiger partial charge in [0, 0.05) is 54.4 Å². The zero-order chi connectivity index (χ0) is 31.0. The molecule has 9 rings (SSSR count). The number of nitrogens with one attached hydrogen (secondary N) is 1. The molecule has 0 radical (unpaired) electrons. The second kappa shape index (κ2) is 10.4. The van der Waals surface area contributed by atoms with Crippen LogP contribution in [0.1, 0.15) is 42.4 Å². The highest BCUT2D eigenvalue weighted by molar-refractivity contribution is 6.02. The van der Waals surface area contributed by atoms with E-state index >= 15 is 4.39 Å². The number of ether oxygens (including phenoxy) is 1. The normalized spacial score (nSPS) is 23.5. The lowest BCUT2D eigenvalue weighted by Crippen LogP contribution is -2.51. The van der Waals surface area contributed by atoms with Crippen LogP contribution in [0.4, 0.5) is 10.2 Å². The third-order valence-electron chi connectivity index (χ3n) is 10.5. The number of halogens is 1. The molecule has 4 aliphatic heterocycles. The number of benzene rings is 3. The fourth-order valence-electron chi connectivity index (χ4n) is 8.42. The van der Waals surface area contributed by atoms with E-state index in [0.717, 1.165) is 51.9 Å². The minimum atomic E-state index is -0.602. The maximum atomic E-state index is 16.9. The van der Waals surface area contributed by atoms with Gasteiger partial charge in [0.15, 0.2) is 5.82 Å². The highest BCUT2D eigenvalue weighted by atomic mass is 19.1. The molecule has 3 atom stereocenters. The van der Waals surface area contributed by atoms with E-state index in [1.54, 1.807) is 18.3 Å². The van der Waals surface area contributed by atoms with Crippen LogP contribution in [0.3, 0.4) is 0 Å². The molecule has 4 aliphatic rings. The summed E-state index contributed by atoms with van der Waals surface area (Å²) >= 11 is 0. The lowest BCUT2D eigenvalue weighted by atomic mass is 9.89. The second-order valence-corrected chi connectivity index (χ2v) is 13.1. The van der Waals surface area contributed by atoms with Gasteiger partial charge in [0.1, 0.15) is 29.4 Å². The third kappa shape index (κ3) is 4.17. The number of aromatic hydroxyl groups is 1. The van der Waals surface area contributed by atoms with Crippen molar-refractivity contribution in [1.29, 1.82) is 0 Å². The minimum absolute atomic E-state index is 0.00104. The van der Waals surface area contributed by atoms with Crippen molar-refractivity contribution in [3.8, 4) is 35.4 Å². The van der Waals surface area contributed by atoms with Crippen LogP contribution in [-0.2, 0) is 12.1 Å². The smallest absolute Gasteiger partial charge is 0.319 e. The van der Waals surface area contributed by atoms with Crippen LogP contribution in [0.15, 0.2) is 60.8 Å². The van der Waals surface area contributed by atoms with Gasteiger partial charge in [0.05, 0.1) is 10.9 Å². The molecular weight excluding hydrogens is 579 g/mol. The largest absolute Gasteiger partial charge is 0.508 e. The van der Waals surface area contributed by atoms with Crippen molar-refractivity contribution < 1.29 is 14.2 Å². The molecule has 2 aromatic heterocycles. The highest BCUT2D eigenvalue weighted by Gasteiger charge is 2.48. The number of hydrogen-bond donors (Lipinski definition) is 2. The fraction of sp³-hybridized carbons (Fsp3) is 0.324. The van der Waals surface area contributed by atoms with Crippen LogP contribution >= 0.6 is 0 Å². The average Bonchev–Trinajstić information content (AvgIpc) is 3.73. The van der Waals surface area contributed by atoms with Crippen molar-refractivity contribution in [3.63, 3.8) is 0 Å². The van der Waals surface area contributed by atoms with Gasteiger partial charge in [-0.05, 0) is 66.9 Å². The van der Waals surface area contributed by atoms with Crippen molar-refractivity contribution in [2.45, 2.75) is 49.9 Å². The molecule has 0 amide bonds. The van der Waals surface area contributed by atoms with Gasteiger partial charge in [-0.1, -0.05) is 42.3 Å². The lowest BCUT2D eigenvalue weighted by molar-refractivity contribution is 0.0826. The van der Waals surface area contributed by atoms with Crippen LogP contribution in [0.25, 0.3) is 32.9 Å². The Balaban J connectivity index is 1.19. The Morgan fingerprint density at radius 1 is 1.09 bits per heavy atom. The predicted octanol–water partition coefficient (Wildman–Crippen LogP) is 5.50. The van der Waals surface area contributed by atoms with Crippen LogP contribution in [0, 0.1) is 18.2 Å². The summed E-state index contributed by atoms with van der Waals surface area (Å²) in [7, 11) is 0. The molecule has 2 bridgehead atoms. The van der Waals surface area contributed by atoms with Gasteiger partial charge >= 0.3 is 6.01 Å². The molecule has 5 aromatic rings. The molecular formula is C37H33FN6O2. The quantitative estimate of drug-likeness (QED) is 0.252. The number of aromatic nitrogens is 3. The number of rotatable bonds is 5. The number of phenols is 1. The number of nitrogens with zero attached hydrogens (tertiary/aromatic N) is 5. The average molecular weight is 613 g/mol. The molecule has 0 aliphatic carbocycles. The SMILES string of the molecule is C#Cc1cccc2cc(O)cc(-c3ncc4c(N5CC6CCC(C5)N6)nc(OCC56CCCN5Cc5ccccc56)nc4c3F)c12. The van der Waals surface area contributed by atoms with Crippen molar-refractivity contribution in [2.75, 3.05) is 31.1 Å². The molecule has 3 unspecified atom stereocenters. The topological polar surface area (TPSA) is 86.6 Å². The predicted molar refractivity (Wildman–Crippen MR) is 175 cm³/mol. The molecule has 3 saturated heterocycles. The highest BCUT2D eigenvalue weighted by Crippen LogP contribution is 2.47. The summed E-state index contributed by atoms with van der Waals surface area (Å²) in [4.78, 5) is 19.0. The van der Waals surface area contributed by atoms with Crippen molar-refractivity contribution in [1.82, 2.24) is 25.2 Å². The van der Waals surface area contributed by atoms with Crippen molar-refractivity contribution in [3.05, 3.63) is 83.3 Å². The Hall–Kier alpha value is -4.78. The zero-order valence-electron chi connectivity index (χ0n) is 25.3. The van der Waals surface area contributed by atoms with E-state index in [4.69, 9.17) is 21.1 Å². The van der Waals surface area contributed by atoms with E-state index in [1.807, 2.05) is 12.1 Å². The summed E-state index contributed by atoms with van der Waals surface area (Å²) in [5, 5.41) is 16.2. The summed E-state index contributed by atoms with van der Waals surface area (Å²) in [6.07, 6.45) is 11.8. The Labute approximate surface area is 266 Å². The first kappa shape index (κ1) is 27.5. The second-order valence-electron chi connectivity index (χ2n) is 13.1. The first-order valence-electron chi connectivity index (χ1n) is 16.1. The van der Waals surface area contributed by atoms with Gasteiger partial charge in [-0.15, -0.1) is 6.42 Å². The summed E-state index contributed by atoms with van der Waals surface area (Å²) < 4.78 is 23.4. The van der Waals surface area contributed by atoms with E-state index in [0.29, 0.717) is 51.8 Å². The van der Waals surface area contributed by atoms with Gasteiger partial charge in [-0.25, -0.2) is 4.39 Å². The molecule has 8 nitrogen and oxygen atoms in total.